The zero-order chi connectivity index (χ0) is 15.4. The van der Waals surface area contributed by atoms with Gasteiger partial charge >= 0.3 is 0 Å². The first kappa shape index (κ1) is 16.8. The molecule has 1 aliphatic rings. The number of rotatable bonds is 8. The van der Waals surface area contributed by atoms with E-state index in [1.165, 1.54) is 0 Å². The topological polar surface area (TPSA) is 53.1 Å². The average Bonchev–Trinajstić information content (AvgIpc) is 2.73. The lowest BCUT2D eigenvalue weighted by molar-refractivity contribution is -0.0281. The summed E-state index contributed by atoms with van der Waals surface area (Å²) in [5.41, 5.74) is 8.43. The second-order valence-electron chi connectivity index (χ2n) is 5.99. The lowest BCUT2D eigenvalue weighted by Gasteiger charge is -2.36. The van der Waals surface area contributed by atoms with Gasteiger partial charge in [0.15, 0.2) is 0 Å². The van der Waals surface area contributed by atoms with Crippen molar-refractivity contribution < 1.29 is 4.74 Å². The Bertz CT molecular complexity index is 455. The maximum absolute atomic E-state index is 6.44. The van der Waals surface area contributed by atoms with Crippen LogP contribution >= 0.6 is 11.6 Å². The Balaban J connectivity index is 1.88. The van der Waals surface area contributed by atoms with Crippen molar-refractivity contribution in [3.8, 4) is 0 Å². The molecule has 2 N–H and O–H groups in total. The Kier molecular flexibility index (Phi) is 6.08. The average molecular weight is 314 g/mol. The van der Waals surface area contributed by atoms with Crippen molar-refractivity contribution in [1.82, 2.24) is 9.78 Å². The highest BCUT2D eigenvalue weighted by atomic mass is 35.5. The van der Waals surface area contributed by atoms with E-state index in [-0.39, 0.29) is 6.04 Å². The van der Waals surface area contributed by atoms with Crippen LogP contribution in [-0.2, 0) is 24.1 Å². The molecule has 1 fully saturated rings. The van der Waals surface area contributed by atoms with E-state index < -0.39 is 0 Å². The third-order valence-corrected chi connectivity index (χ3v) is 4.82. The molecule has 5 heteroatoms. The molecule has 1 aliphatic carbocycles. The number of nitrogens with zero attached hydrogens (tertiary/aromatic N) is 2. The number of hydrogen-bond acceptors (Lipinski definition) is 3. The number of ether oxygens (including phenoxy) is 1. The minimum atomic E-state index is 0.154. The molecule has 2 rings (SSSR count). The van der Waals surface area contributed by atoms with Gasteiger partial charge < -0.3 is 10.5 Å². The van der Waals surface area contributed by atoms with Gasteiger partial charge in [0.05, 0.1) is 22.5 Å². The molecular formula is C16H28ClN3O. The van der Waals surface area contributed by atoms with E-state index in [1.54, 1.807) is 0 Å². The van der Waals surface area contributed by atoms with Crippen molar-refractivity contribution in [3.63, 3.8) is 0 Å². The summed E-state index contributed by atoms with van der Waals surface area (Å²) in [4.78, 5) is 0. The van der Waals surface area contributed by atoms with E-state index in [9.17, 15) is 0 Å². The second kappa shape index (κ2) is 7.61. The highest BCUT2D eigenvalue weighted by Gasteiger charge is 2.31. The van der Waals surface area contributed by atoms with Crippen LogP contribution in [0.4, 0.5) is 0 Å². The van der Waals surface area contributed by atoms with Crippen LogP contribution in [0, 0.1) is 5.92 Å². The maximum Gasteiger partial charge on any atom is 0.0850 e. The molecule has 21 heavy (non-hydrogen) atoms. The predicted molar refractivity (Wildman–Crippen MR) is 86.7 cm³/mol. The van der Waals surface area contributed by atoms with E-state index in [0.29, 0.717) is 12.0 Å². The molecule has 1 unspecified atom stereocenters. The van der Waals surface area contributed by atoms with E-state index in [1.807, 2.05) is 4.68 Å². The van der Waals surface area contributed by atoms with Crippen molar-refractivity contribution in [1.29, 1.82) is 0 Å². The van der Waals surface area contributed by atoms with Gasteiger partial charge in [0.2, 0.25) is 0 Å². The van der Waals surface area contributed by atoms with Gasteiger partial charge in [-0.1, -0.05) is 18.5 Å². The summed E-state index contributed by atoms with van der Waals surface area (Å²) < 4.78 is 7.61. The number of aryl methyl sites for hydroxylation is 2. The smallest absolute Gasteiger partial charge is 0.0850 e. The molecule has 4 nitrogen and oxygen atoms in total. The summed E-state index contributed by atoms with van der Waals surface area (Å²) in [6, 6.07) is 0.154. The third-order valence-electron chi connectivity index (χ3n) is 4.38. The minimum Gasteiger partial charge on any atom is -0.378 e. The fourth-order valence-corrected chi connectivity index (χ4v) is 3.56. The Morgan fingerprint density at radius 1 is 1.38 bits per heavy atom. The van der Waals surface area contributed by atoms with Crippen LogP contribution in [0.1, 0.15) is 51.4 Å². The molecule has 1 aromatic rings. The van der Waals surface area contributed by atoms with Crippen LogP contribution in [0.5, 0.6) is 0 Å². The highest BCUT2D eigenvalue weighted by molar-refractivity contribution is 6.31. The maximum atomic E-state index is 6.44. The molecule has 1 aromatic heterocycles. The molecule has 1 heterocycles. The van der Waals surface area contributed by atoms with Gasteiger partial charge in [0, 0.05) is 25.6 Å². The largest absolute Gasteiger partial charge is 0.378 e. The molecule has 0 bridgehead atoms. The molecule has 0 aromatic carbocycles. The fourth-order valence-electron chi connectivity index (χ4n) is 3.21. The normalized spacial score (nSPS) is 23.1. The Labute approximate surface area is 133 Å². The summed E-state index contributed by atoms with van der Waals surface area (Å²) in [6.45, 7) is 7.89. The SMILES string of the molecule is CCOC1CC(CC(N)Cc2c(Cl)c(CC)nn2CC)C1. The quantitative estimate of drug-likeness (QED) is 0.802. The molecule has 0 spiro atoms. The Morgan fingerprint density at radius 2 is 2.10 bits per heavy atom. The van der Waals surface area contributed by atoms with E-state index in [4.69, 9.17) is 22.1 Å². The van der Waals surface area contributed by atoms with Gasteiger partial charge in [-0.25, -0.2) is 0 Å². The molecular weight excluding hydrogens is 286 g/mol. The van der Waals surface area contributed by atoms with Gasteiger partial charge in [-0.15, -0.1) is 0 Å². The van der Waals surface area contributed by atoms with Gasteiger partial charge in [-0.3, -0.25) is 4.68 Å². The van der Waals surface area contributed by atoms with Gasteiger partial charge in [0.25, 0.3) is 0 Å². The van der Waals surface area contributed by atoms with Crippen LogP contribution in [0.25, 0.3) is 0 Å². The number of halogens is 1. The Morgan fingerprint density at radius 3 is 2.67 bits per heavy atom. The molecule has 1 atom stereocenters. The summed E-state index contributed by atoms with van der Waals surface area (Å²) in [7, 11) is 0. The van der Waals surface area contributed by atoms with Crippen molar-refractivity contribution in [2.75, 3.05) is 6.61 Å². The standard InChI is InChI=1S/C16H28ClN3O/c1-4-14-16(17)15(20(5-2)19-14)10-12(18)7-11-8-13(9-11)21-6-3/h11-13H,4-10,18H2,1-3H3. The van der Waals surface area contributed by atoms with E-state index in [0.717, 1.165) is 61.7 Å². The van der Waals surface area contributed by atoms with Crippen LogP contribution in [0.3, 0.4) is 0 Å². The number of nitrogens with two attached hydrogens (primary N) is 1. The zero-order valence-electron chi connectivity index (χ0n) is 13.4. The van der Waals surface area contributed by atoms with Crippen molar-refractivity contribution in [2.45, 2.75) is 71.6 Å². The second-order valence-corrected chi connectivity index (χ2v) is 6.37. The van der Waals surface area contributed by atoms with Crippen LogP contribution < -0.4 is 5.73 Å². The van der Waals surface area contributed by atoms with Crippen LogP contribution in [0.2, 0.25) is 5.02 Å². The minimum absolute atomic E-state index is 0.154. The van der Waals surface area contributed by atoms with Gasteiger partial charge in [-0.2, -0.15) is 5.10 Å². The molecule has 0 radical (unpaired) electrons. The summed E-state index contributed by atoms with van der Waals surface area (Å²) in [6.07, 6.45) is 5.51. The summed E-state index contributed by atoms with van der Waals surface area (Å²) in [5.74, 6) is 0.707. The third kappa shape index (κ3) is 3.99. The molecule has 120 valence electrons. The Hall–Kier alpha value is -0.580. The van der Waals surface area contributed by atoms with E-state index in [2.05, 4.69) is 25.9 Å². The predicted octanol–water partition coefficient (Wildman–Crippen LogP) is 3.19. The summed E-state index contributed by atoms with van der Waals surface area (Å²) >= 11 is 6.44. The van der Waals surface area contributed by atoms with Crippen molar-refractivity contribution >= 4 is 11.6 Å². The number of hydrogen-bond donors (Lipinski definition) is 1. The van der Waals surface area contributed by atoms with E-state index >= 15 is 0 Å². The molecule has 0 saturated heterocycles. The lowest BCUT2D eigenvalue weighted by atomic mass is 9.78. The van der Waals surface area contributed by atoms with Gasteiger partial charge in [-0.05, 0) is 45.4 Å². The first-order valence-electron chi connectivity index (χ1n) is 8.20. The highest BCUT2D eigenvalue weighted by Crippen LogP contribution is 2.34. The lowest BCUT2D eigenvalue weighted by Crippen LogP contribution is -2.36. The van der Waals surface area contributed by atoms with Crippen molar-refractivity contribution in [3.05, 3.63) is 16.4 Å². The molecule has 0 aliphatic heterocycles. The number of aromatic nitrogens is 2. The van der Waals surface area contributed by atoms with Gasteiger partial charge in [0.1, 0.15) is 0 Å². The van der Waals surface area contributed by atoms with Crippen LogP contribution in [-0.4, -0.2) is 28.5 Å². The fraction of sp³-hybridized carbons (Fsp3) is 0.812. The van der Waals surface area contributed by atoms with Crippen molar-refractivity contribution in [2.24, 2.45) is 11.7 Å². The first-order chi connectivity index (χ1) is 10.1. The zero-order valence-corrected chi connectivity index (χ0v) is 14.2. The summed E-state index contributed by atoms with van der Waals surface area (Å²) in [5, 5.41) is 5.37. The van der Waals surface area contributed by atoms with Crippen LogP contribution in [0.15, 0.2) is 0 Å². The molecule has 1 saturated carbocycles. The first-order valence-corrected chi connectivity index (χ1v) is 8.57. The monoisotopic (exact) mass is 313 g/mol. The molecule has 0 amide bonds.